The lowest BCUT2D eigenvalue weighted by Crippen LogP contribution is -2.17. The summed E-state index contributed by atoms with van der Waals surface area (Å²) in [6.07, 6.45) is 1.52. The van der Waals surface area contributed by atoms with Gasteiger partial charge in [0, 0.05) is 5.56 Å². The van der Waals surface area contributed by atoms with Gasteiger partial charge in [-0.3, -0.25) is 4.79 Å². The van der Waals surface area contributed by atoms with Gasteiger partial charge in [0.05, 0.1) is 16.3 Å². The summed E-state index contributed by atoms with van der Waals surface area (Å²) in [6, 6.07) is 10.0. The zero-order valence-electron chi connectivity index (χ0n) is 11.9. The van der Waals surface area contributed by atoms with Gasteiger partial charge in [-0.2, -0.15) is 5.10 Å². The molecule has 0 bridgehead atoms. The minimum absolute atomic E-state index is 0.315. The smallest absolute Gasteiger partial charge is 0.271 e. The highest BCUT2D eigenvalue weighted by atomic mass is 35.5. The molecule has 0 saturated heterocycles. The Kier molecular flexibility index (Phi) is 4.69. The molecule has 3 rings (SSSR count). The topological polar surface area (TPSA) is 59.9 Å². The van der Waals surface area contributed by atoms with Crippen molar-refractivity contribution in [1.82, 2.24) is 5.43 Å². The maximum Gasteiger partial charge on any atom is 0.271 e. The third-order valence-corrected chi connectivity index (χ3v) is 3.87. The second kappa shape index (κ2) is 6.89. The van der Waals surface area contributed by atoms with Crippen LogP contribution in [-0.2, 0) is 0 Å². The van der Waals surface area contributed by atoms with Crippen LogP contribution in [0.2, 0.25) is 10.0 Å². The molecule has 1 amide bonds. The Hall–Kier alpha value is -2.24. The molecule has 1 heterocycles. The number of hydrazone groups is 1. The Bertz CT molecular complexity index is 778. The van der Waals surface area contributed by atoms with E-state index in [2.05, 4.69) is 10.5 Å². The molecule has 7 heteroatoms. The van der Waals surface area contributed by atoms with Crippen LogP contribution in [0, 0.1) is 0 Å². The van der Waals surface area contributed by atoms with E-state index in [1.807, 2.05) is 6.07 Å². The molecule has 0 aromatic heterocycles. The largest absolute Gasteiger partial charge is 0.486 e. The molecule has 0 saturated carbocycles. The van der Waals surface area contributed by atoms with Crippen LogP contribution in [0.3, 0.4) is 0 Å². The second-order valence-corrected chi connectivity index (χ2v) is 5.55. The predicted molar refractivity (Wildman–Crippen MR) is 89.0 cm³/mol. The van der Waals surface area contributed by atoms with Crippen LogP contribution < -0.4 is 14.9 Å². The van der Waals surface area contributed by atoms with Crippen molar-refractivity contribution >= 4 is 35.3 Å². The minimum Gasteiger partial charge on any atom is -0.486 e. The van der Waals surface area contributed by atoms with Crippen molar-refractivity contribution in [3.05, 3.63) is 57.6 Å². The number of hydrogen-bond donors (Lipinski definition) is 1. The van der Waals surface area contributed by atoms with Gasteiger partial charge < -0.3 is 9.47 Å². The fourth-order valence-electron chi connectivity index (χ4n) is 2.01. The summed E-state index contributed by atoms with van der Waals surface area (Å²) in [4.78, 5) is 12.0. The summed E-state index contributed by atoms with van der Waals surface area (Å²) in [7, 11) is 0. The predicted octanol–water partition coefficient (Wildman–Crippen LogP) is 3.53. The van der Waals surface area contributed by atoms with Gasteiger partial charge >= 0.3 is 0 Å². The third-order valence-electron chi connectivity index (χ3n) is 3.13. The number of nitrogens with one attached hydrogen (secondary N) is 1. The van der Waals surface area contributed by atoms with Crippen LogP contribution in [-0.4, -0.2) is 25.3 Å². The minimum atomic E-state index is -0.377. The van der Waals surface area contributed by atoms with Crippen molar-refractivity contribution in [3.8, 4) is 11.5 Å². The molecule has 0 aliphatic carbocycles. The SMILES string of the molecule is O=C(NN=Cc1ccc2c(c1)OCCO2)c1ccc(Cl)c(Cl)c1. The van der Waals surface area contributed by atoms with E-state index >= 15 is 0 Å². The maximum atomic E-state index is 12.0. The van der Waals surface area contributed by atoms with Gasteiger partial charge in [-0.1, -0.05) is 23.2 Å². The van der Waals surface area contributed by atoms with Crippen molar-refractivity contribution in [1.29, 1.82) is 0 Å². The molecule has 2 aromatic carbocycles. The molecule has 23 heavy (non-hydrogen) atoms. The molecular formula is C16H12Cl2N2O3. The first kappa shape index (κ1) is 15.6. The van der Waals surface area contributed by atoms with Crippen molar-refractivity contribution < 1.29 is 14.3 Å². The second-order valence-electron chi connectivity index (χ2n) is 4.73. The highest BCUT2D eigenvalue weighted by molar-refractivity contribution is 6.42. The zero-order valence-corrected chi connectivity index (χ0v) is 13.4. The summed E-state index contributed by atoms with van der Waals surface area (Å²) in [5, 5.41) is 4.63. The van der Waals surface area contributed by atoms with Crippen molar-refractivity contribution in [2.75, 3.05) is 13.2 Å². The molecule has 0 atom stereocenters. The first-order chi connectivity index (χ1) is 11.1. The summed E-state index contributed by atoms with van der Waals surface area (Å²) in [5.74, 6) is 0.988. The highest BCUT2D eigenvalue weighted by Gasteiger charge is 2.11. The quantitative estimate of drug-likeness (QED) is 0.680. The number of hydrogen-bond acceptors (Lipinski definition) is 4. The Labute approximate surface area is 142 Å². The molecule has 1 aliphatic rings. The molecule has 0 fully saturated rings. The van der Waals surface area contributed by atoms with Crippen molar-refractivity contribution in [3.63, 3.8) is 0 Å². The molecule has 0 spiro atoms. The number of carbonyl (C=O) groups excluding carboxylic acids is 1. The van der Waals surface area contributed by atoms with Gasteiger partial charge in [0.15, 0.2) is 11.5 Å². The standard InChI is InChI=1S/C16H12Cl2N2O3/c17-12-3-2-11(8-13(12)18)16(21)20-19-9-10-1-4-14-15(7-10)23-6-5-22-14/h1-4,7-9H,5-6H2,(H,20,21). The highest BCUT2D eigenvalue weighted by Crippen LogP contribution is 2.30. The fraction of sp³-hybridized carbons (Fsp3) is 0.125. The third kappa shape index (κ3) is 3.75. The summed E-state index contributed by atoms with van der Waals surface area (Å²) < 4.78 is 10.9. The van der Waals surface area contributed by atoms with Gasteiger partial charge in [-0.05, 0) is 42.0 Å². The van der Waals surface area contributed by atoms with Crippen LogP contribution in [0.1, 0.15) is 15.9 Å². The normalized spacial score (nSPS) is 13.1. The van der Waals surface area contributed by atoms with E-state index in [9.17, 15) is 4.79 Å². The Balaban J connectivity index is 1.66. The van der Waals surface area contributed by atoms with E-state index in [0.717, 1.165) is 5.56 Å². The zero-order chi connectivity index (χ0) is 16.2. The number of halogens is 2. The monoisotopic (exact) mass is 350 g/mol. The lowest BCUT2D eigenvalue weighted by atomic mass is 10.2. The van der Waals surface area contributed by atoms with E-state index in [1.165, 1.54) is 12.3 Å². The van der Waals surface area contributed by atoms with E-state index in [1.54, 1.807) is 24.3 Å². The molecular weight excluding hydrogens is 339 g/mol. The van der Waals surface area contributed by atoms with E-state index in [-0.39, 0.29) is 5.91 Å². The van der Waals surface area contributed by atoms with E-state index < -0.39 is 0 Å². The average molecular weight is 351 g/mol. The van der Waals surface area contributed by atoms with Crippen LogP contribution >= 0.6 is 23.2 Å². The number of benzene rings is 2. The molecule has 1 N–H and O–H groups in total. The molecule has 2 aromatic rings. The van der Waals surface area contributed by atoms with Crippen LogP contribution in [0.4, 0.5) is 0 Å². The lowest BCUT2D eigenvalue weighted by Gasteiger charge is -2.18. The van der Waals surface area contributed by atoms with E-state index in [0.29, 0.717) is 40.3 Å². The van der Waals surface area contributed by atoms with Crippen LogP contribution in [0.5, 0.6) is 11.5 Å². The van der Waals surface area contributed by atoms with Crippen molar-refractivity contribution in [2.24, 2.45) is 5.10 Å². The molecule has 118 valence electrons. The average Bonchev–Trinajstić information content (AvgIpc) is 2.57. The number of nitrogens with zero attached hydrogens (tertiary/aromatic N) is 1. The first-order valence-electron chi connectivity index (χ1n) is 6.81. The summed E-state index contributed by atoms with van der Waals surface area (Å²) >= 11 is 11.7. The Morgan fingerprint density at radius 3 is 2.61 bits per heavy atom. The first-order valence-corrected chi connectivity index (χ1v) is 7.57. The Morgan fingerprint density at radius 1 is 1.04 bits per heavy atom. The van der Waals surface area contributed by atoms with Crippen LogP contribution in [0.15, 0.2) is 41.5 Å². The molecule has 0 radical (unpaired) electrons. The van der Waals surface area contributed by atoms with Gasteiger partial charge in [0.2, 0.25) is 0 Å². The number of ether oxygens (including phenoxy) is 2. The number of carbonyl (C=O) groups is 1. The van der Waals surface area contributed by atoms with E-state index in [4.69, 9.17) is 32.7 Å². The lowest BCUT2D eigenvalue weighted by molar-refractivity contribution is 0.0955. The van der Waals surface area contributed by atoms with Crippen LogP contribution in [0.25, 0.3) is 0 Å². The number of rotatable bonds is 3. The van der Waals surface area contributed by atoms with Gasteiger partial charge in [-0.25, -0.2) is 5.43 Å². The number of fused-ring (bicyclic) bond motifs is 1. The van der Waals surface area contributed by atoms with Gasteiger partial charge in [0.25, 0.3) is 5.91 Å². The van der Waals surface area contributed by atoms with Gasteiger partial charge in [-0.15, -0.1) is 0 Å². The molecule has 5 nitrogen and oxygen atoms in total. The number of amides is 1. The summed E-state index contributed by atoms with van der Waals surface area (Å²) in [6.45, 7) is 1.06. The molecule has 0 unspecified atom stereocenters. The van der Waals surface area contributed by atoms with Crippen molar-refractivity contribution in [2.45, 2.75) is 0 Å². The van der Waals surface area contributed by atoms with Gasteiger partial charge in [0.1, 0.15) is 13.2 Å². The summed E-state index contributed by atoms with van der Waals surface area (Å²) in [5.41, 5.74) is 3.59. The Morgan fingerprint density at radius 2 is 1.83 bits per heavy atom. The molecule has 1 aliphatic heterocycles. The fourth-order valence-corrected chi connectivity index (χ4v) is 2.31. The maximum absolute atomic E-state index is 12.0.